The molecule has 0 saturated carbocycles. The molecule has 0 atom stereocenters. The van der Waals surface area contributed by atoms with Crippen LogP contribution in [0.1, 0.15) is 30.4 Å². The van der Waals surface area contributed by atoms with Crippen molar-refractivity contribution in [1.82, 2.24) is 19.2 Å². The summed E-state index contributed by atoms with van der Waals surface area (Å²) in [6.07, 6.45) is 13.0. The van der Waals surface area contributed by atoms with Crippen LogP contribution in [0.25, 0.3) is 33.8 Å². The molecule has 4 aromatic rings. The summed E-state index contributed by atoms with van der Waals surface area (Å²) in [5, 5.41) is 5.66. The van der Waals surface area contributed by atoms with Gasteiger partial charge < -0.3 is 4.90 Å². The molecular weight excluding hydrogens is 408 g/mol. The molecule has 6 rings (SSSR count). The smallest absolute Gasteiger partial charge is 0.255 e. The lowest BCUT2D eigenvalue weighted by Gasteiger charge is -2.14. The maximum absolute atomic E-state index is 13.0. The van der Waals surface area contributed by atoms with Crippen molar-refractivity contribution in [3.63, 3.8) is 0 Å². The average molecular weight is 437 g/mol. The normalized spacial score (nSPS) is 15.9. The van der Waals surface area contributed by atoms with Crippen molar-refractivity contribution in [2.45, 2.75) is 32.2 Å². The number of aryl methyl sites for hydroxylation is 1. The summed E-state index contributed by atoms with van der Waals surface area (Å²) in [5.41, 5.74) is 6.63. The summed E-state index contributed by atoms with van der Waals surface area (Å²) >= 11 is 0. The fraction of sp³-hybridized carbons (Fsp3) is 0.286. The van der Waals surface area contributed by atoms with Crippen LogP contribution in [0.5, 0.6) is 0 Å². The molecule has 33 heavy (non-hydrogen) atoms. The van der Waals surface area contributed by atoms with Crippen LogP contribution in [-0.2, 0) is 13.0 Å². The maximum atomic E-state index is 13.0. The minimum atomic E-state index is -0.0264. The van der Waals surface area contributed by atoms with E-state index < -0.39 is 0 Å². The minimum Gasteiger partial charge on any atom is -0.301 e. The molecule has 2 aromatic carbocycles. The zero-order valence-electron chi connectivity index (χ0n) is 18.8. The fourth-order valence-electron chi connectivity index (χ4n) is 5.12. The van der Waals surface area contributed by atoms with Gasteiger partial charge in [0.2, 0.25) is 0 Å². The zero-order chi connectivity index (χ0) is 22.2. The van der Waals surface area contributed by atoms with Crippen molar-refractivity contribution in [3.8, 4) is 16.8 Å². The van der Waals surface area contributed by atoms with Crippen LogP contribution in [0.3, 0.4) is 0 Å². The molecule has 166 valence electrons. The standard InChI is InChI=1S/C28H28N4O/c33-28-19-24(23-8-7-21-5-1-2-6-22(21)17-23)11-14-31(28)26-9-10-27-25(18-26)20-29-32(27)16-15-30-12-3-4-13-30/h2,6-11,14,17-20H,1,3-5,12-13,15-16H2. The van der Waals surface area contributed by atoms with Crippen LogP contribution in [0, 0.1) is 0 Å². The highest BCUT2D eigenvalue weighted by atomic mass is 16.1. The van der Waals surface area contributed by atoms with E-state index in [0.29, 0.717) is 0 Å². The Kier molecular flexibility index (Phi) is 5.19. The van der Waals surface area contributed by atoms with Gasteiger partial charge in [-0.05, 0) is 91.4 Å². The van der Waals surface area contributed by atoms with Gasteiger partial charge in [-0.25, -0.2) is 0 Å². The topological polar surface area (TPSA) is 43.1 Å². The average Bonchev–Trinajstić information content (AvgIpc) is 3.52. The number of fused-ring (bicyclic) bond motifs is 2. The predicted molar refractivity (Wildman–Crippen MR) is 134 cm³/mol. The van der Waals surface area contributed by atoms with Crippen LogP contribution in [-0.4, -0.2) is 38.9 Å². The van der Waals surface area contributed by atoms with Gasteiger partial charge in [-0.1, -0.05) is 24.3 Å². The molecule has 3 heterocycles. The summed E-state index contributed by atoms with van der Waals surface area (Å²) in [7, 11) is 0. The number of nitrogens with zero attached hydrogens (tertiary/aromatic N) is 4. The van der Waals surface area contributed by atoms with Gasteiger partial charge in [0.25, 0.3) is 5.56 Å². The number of aromatic nitrogens is 3. The highest BCUT2D eigenvalue weighted by Gasteiger charge is 2.13. The molecule has 0 bridgehead atoms. The van der Waals surface area contributed by atoms with E-state index in [9.17, 15) is 4.79 Å². The zero-order valence-corrected chi connectivity index (χ0v) is 18.8. The molecule has 1 aliphatic carbocycles. The Hall–Kier alpha value is -3.44. The van der Waals surface area contributed by atoms with Gasteiger partial charge in [0, 0.05) is 29.9 Å². The van der Waals surface area contributed by atoms with E-state index >= 15 is 0 Å². The number of rotatable bonds is 5. The largest absolute Gasteiger partial charge is 0.301 e. The van der Waals surface area contributed by atoms with E-state index in [1.807, 2.05) is 24.5 Å². The maximum Gasteiger partial charge on any atom is 0.255 e. The number of allylic oxidation sites excluding steroid dienone is 1. The predicted octanol–water partition coefficient (Wildman–Crippen LogP) is 4.91. The Bertz CT molecular complexity index is 1410. The van der Waals surface area contributed by atoms with Gasteiger partial charge in [-0.3, -0.25) is 14.0 Å². The second kappa shape index (κ2) is 8.49. The first kappa shape index (κ1) is 20.2. The molecule has 0 unspecified atom stereocenters. The summed E-state index contributed by atoms with van der Waals surface area (Å²) in [6, 6.07) is 16.4. The van der Waals surface area contributed by atoms with Gasteiger partial charge in [0.15, 0.2) is 0 Å². The lowest BCUT2D eigenvalue weighted by Crippen LogP contribution is -2.24. The summed E-state index contributed by atoms with van der Waals surface area (Å²) in [4.78, 5) is 15.5. The minimum absolute atomic E-state index is 0.0264. The van der Waals surface area contributed by atoms with Crippen molar-refractivity contribution in [2.24, 2.45) is 0 Å². The molecule has 5 nitrogen and oxygen atoms in total. The number of benzene rings is 2. The molecule has 0 amide bonds. The quantitative estimate of drug-likeness (QED) is 0.447. The van der Waals surface area contributed by atoms with Crippen molar-refractivity contribution in [1.29, 1.82) is 0 Å². The molecule has 0 radical (unpaired) electrons. The van der Waals surface area contributed by atoms with Gasteiger partial charge in [-0.15, -0.1) is 0 Å². The lowest BCUT2D eigenvalue weighted by atomic mass is 9.94. The summed E-state index contributed by atoms with van der Waals surface area (Å²) in [5.74, 6) is 0. The Balaban J connectivity index is 1.26. The molecule has 0 spiro atoms. The highest BCUT2D eigenvalue weighted by Crippen LogP contribution is 2.26. The molecule has 1 aliphatic heterocycles. The van der Waals surface area contributed by atoms with E-state index in [2.05, 4.69) is 57.2 Å². The van der Waals surface area contributed by atoms with E-state index in [1.54, 1.807) is 10.6 Å². The summed E-state index contributed by atoms with van der Waals surface area (Å²) < 4.78 is 3.79. The Morgan fingerprint density at radius 2 is 1.79 bits per heavy atom. The van der Waals surface area contributed by atoms with Crippen LogP contribution in [0.2, 0.25) is 0 Å². The van der Waals surface area contributed by atoms with E-state index in [-0.39, 0.29) is 5.56 Å². The molecule has 0 N–H and O–H groups in total. The van der Waals surface area contributed by atoms with Crippen LogP contribution >= 0.6 is 0 Å². The third-order valence-corrected chi connectivity index (χ3v) is 7.01. The fourth-order valence-corrected chi connectivity index (χ4v) is 5.12. The third kappa shape index (κ3) is 3.93. The lowest BCUT2D eigenvalue weighted by molar-refractivity contribution is 0.318. The number of hydrogen-bond donors (Lipinski definition) is 0. The van der Waals surface area contributed by atoms with Gasteiger partial charge in [0.05, 0.1) is 18.3 Å². The highest BCUT2D eigenvalue weighted by molar-refractivity contribution is 5.81. The van der Waals surface area contributed by atoms with Crippen molar-refractivity contribution < 1.29 is 0 Å². The van der Waals surface area contributed by atoms with E-state index in [1.165, 1.54) is 37.1 Å². The van der Waals surface area contributed by atoms with Crippen molar-refractivity contribution in [3.05, 3.63) is 88.5 Å². The van der Waals surface area contributed by atoms with E-state index in [4.69, 9.17) is 0 Å². The van der Waals surface area contributed by atoms with Crippen LogP contribution in [0.15, 0.2) is 71.8 Å². The molecule has 2 aliphatic rings. The van der Waals surface area contributed by atoms with Crippen LogP contribution in [0.4, 0.5) is 0 Å². The summed E-state index contributed by atoms with van der Waals surface area (Å²) in [6.45, 7) is 4.33. The SMILES string of the molecule is O=c1cc(-c2ccc3c(c2)C=CCC3)ccn1-c1ccc2c(cnn2CCN2CCCC2)c1. The Morgan fingerprint density at radius 3 is 2.67 bits per heavy atom. The molecule has 1 fully saturated rings. The number of hydrogen-bond acceptors (Lipinski definition) is 3. The van der Waals surface area contributed by atoms with E-state index in [0.717, 1.165) is 53.6 Å². The number of pyridine rings is 1. The van der Waals surface area contributed by atoms with Crippen molar-refractivity contribution in [2.75, 3.05) is 19.6 Å². The van der Waals surface area contributed by atoms with Gasteiger partial charge >= 0.3 is 0 Å². The first-order valence-corrected chi connectivity index (χ1v) is 12.0. The van der Waals surface area contributed by atoms with Gasteiger partial charge in [-0.2, -0.15) is 5.10 Å². The Morgan fingerprint density at radius 1 is 0.909 bits per heavy atom. The van der Waals surface area contributed by atoms with Crippen LogP contribution < -0.4 is 5.56 Å². The first-order valence-electron chi connectivity index (χ1n) is 12.0. The molecule has 2 aromatic heterocycles. The molecule has 5 heteroatoms. The monoisotopic (exact) mass is 436 g/mol. The molecule has 1 saturated heterocycles. The first-order chi connectivity index (χ1) is 16.2. The molecular formula is C28H28N4O. The van der Waals surface area contributed by atoms with Gasteiger partial charge in [0.1, 0.15) is 0 Å². The Labute approximate surface area is 193 Å². The second-order valence-corrected chi connectivity index (χ2v) is 9.14. The second-order valence-electron chi connectivity index (χ2n) is 9.14. The van der Waals surface area contributed by atoms with Crippen molar-refractivity contribution >= 4 is 17.0 Å². The number of likely N-dealkylation sites (tertiary alicyclic amines) is 1. The third-order valence-electron chi connectivity index (χ3n) is 7.01.